The predicted octanol–water partition coefficient (Wildman–Crippen LogP) is 2.83. The lowest BCUT2D eigenvalue weighted by Crippen LogP contribution is -2.46. The number of rotatable bonds is 5. The maximum atomic E-state index is 13.0. The second kappa shape index (κ2) is 8.89. The number of nitrogens with zero attached hydrogens (tertiary/aromatic N) is 3. The number of hydrogen-bond acceptors (Lipinski definition) is 5. The Morgan fingerprint density at radius 1 is 1.13 bits per heavy atom. The van der Waals surface area contributed by atoms with Crippen LogP contribution < -0.4 is 10.2 Å². The molecule has 2 amide bonds. The van der Waals surface area contributed by atoms with Gasteiger partial charge in [0, 0.05) is 56.6 Å². The minimum absolute atomic E-state index is 0.106. The molecule has 30 heavy (non-hydrogen) atoms. The average Bonchev–Trinajstić information content (AvgIpc) is 2.73. The minimum atomic E-state index is -0.520. The fourth-order valence-electron chi connectivity index (χ4n) is 3.47. The molecule has 0 atom stereocenters. The van der Waals surface area contributed by atoms with E-state index in [9.17, 15) is 24.1 Å². The van der Waals surface area contributed by atoms with Crippen LogP contribution in [0.5, 0.6) is 0 Å². The number of non-ortho nitro benzene ring substituents is 1. The highest BCUT2D eigenvalue weighted by molar-refractivity contribution is 6.00. The summed E-state index contributed by atoms with van der Waals surface area (Å²) in [6, 6.07) is 9.47. The van der Waals surface area contributed by atoms with Crippen LogP contribution in [0.1, 0.15) is 33.6 Å². The van der Waals surface area contributed by atoms with E-state index in [1.54, 1.807) is 30.0 Å². The molecule has 3 rings (SSSR count). The first-order valence-corrected chi connectivity index (χ1v) is 9.57. The number of hydrogen-bond donors (Lipinski definition) is 1. The molecule has 9 heteroatoms. The zero-order valence-electron chi connectivity index (χ0n) is 16.8. The van der Waals surface area contributed by atoms with Gasteiger partial charge in [-0.25, -0.2) is 4.39 Å². The summed E-state index contributed by atoms with van der Waals surface area (Å²) in [6.07, 6.45) is 1.12. The molecule has 158 valence electrons. The molecule has 0 saturated carbocycles. The number of amides is 2. The van der Waals surface area contributed by atoms with Crippen molar-refractivity contribution in [3.63, 3.8) is 0 Å². The van der Waals surface area contributed by atoms with Gasteiger partial charge in [-0.3, -0.25) is 19.7 Å². The molecule has 1 aliphatic rings. The lowest BCUT2D eigenvalue weighted by atomic mass is 10.0. The first kappa shape index (κ1) is 21.2. The summed E-state index contributed by atoms with van der Waals surface area (Å²) < 4.78 is 13.0. The molecule has 0 aromatic heterocycles. The first-order valence-electron chi connectivity index (χ1n) is 9.57. The molecule has 0 bridgehead atoms. The van der Waals surface area contributed by atoms with Crippen LogP contribution in [0.4, 0.5) is 15.8 Å². The quantitative estimate of drug-likeness (QED) is 0.600. The third-order valence-electron chi connectivity index (χ3n) is 5.13. The van der Waals surface area contributed by atoms with Crippen molar-refractivity contribution >= 4 is 23.2 Å². The van der Waals surface area contributed by atoms with Crippen molar-refractivity contribution in [3.8, 4) is 0 Å². The molecule has 1 saturated heterocycles. The first-order chi connectivity index (χ1) is 14.3. The summed E-state index contributed by atoms with van der Waals surface area (Å²) in [4.78, 5) is 39.3. The standard InChI is InChI=1S/C21H23FN4O4/c1-24(2)19-8-7-17(26(29)30)13-18(19)21(28)25-11-9-16(10-12-25)23-20(27)14-3-5-15(22)6-4-14/h3-8,13,16H,9-12H2,1-2H3,(H,23,27). The van der Waals surface area contributed by atoms with Gasteiger partial charge in [0.2, 0.25) is 0 Å². The highest BCUT2D eigenvalue weighted by Crippen LogP contribution is 2.26. The summed E-state index contributed by atoms with van der Waals surface area (Å²) in [5, 5.41) is 14.0. The third kappa shape index (κ3) is 4.73. The molecule has 0 unspecified atom stereocenters. The lowest BCUT2D eigenvalue weighted by Gasteiger charge is -2.33. The van der Waals surface area contributed by atoms with E-state index in [0.29, 0.717) is 37.2 Å². The number of anilines is 1. The van der Waals surface area contributed by atoms with Crippen molar-refractivity contribution < 1.29 is 18.9 Å². The van der Waals surface area contributed by atoms with Crippen LogP contribution in [-0.4, -0.2) is 54.9 Å². The van der Waals surface area contributed by atoms with E-state index < -0.39 is 10.7 Å². The van der Waals surface area contributed by atoms with Crippen LogP contribution in [0.15, 0.2) is 42.5 Å². The van der Waals surface area contributed by atoms with Crippen molar-refractivity contribution in [3.05, 3.63) is 69.5 Å². The van der Waals surface area contributed by atoms with E-state index in [1.165, 1.54) is 36.4 Å². The number of nitro benzene ring substituents is 1. The molecular weight excluding hydrogens is 391 g/mol. The zero-order chi connectivity index (χ0) is 21.8. The SMILES string of the molecule is CN(C)c1ccc([N+](=O)[O-])cc1C(=O)N1CCC(NC(=O)c2ccc(F)cc2)CC1. The van der Waals surface area contributed by atoms with Crippen molar-refractivity contribution in [1.29, 1.82) is 0 Å². The summed E-state index contributed by atoms with van der Waals surface area (Å²) in [5.74, 6) is -0.962. The Morgan fingerprint density at radius 2 is 1.77 bits per heavy atom. The van der Waals surface area contributed by atoms with Gasteiger partial charge in [-0.1, -0.05) is 0 Å². The molecule has 0 radical (unpaired) electrons. The number of likely N-dealkylation sites (tertiary alicyclic amines) is 1. The summed E-state index contributed by atoms with van der Waals surface area (Å²) in [6.45, 7) is 0.839. The monoisotopic (exact) mass is 414 g/mol. The van der Waals surface area contributed by atoms with Crippen molar-refractivity contribution in [2.45, 2.75) is 18.9 Å². The van der Waals surface area contributed by atoms with Crippen molar-refractivity contribution in [1.82, 2.24) is 10.2 Å². The fourth-order valence-corrected chi connectivity index (χ4v) is 3.47. The summed E-state index contributed by atoms with van der Waals surface area (Å²) >= 11 is 0. The predicted molar refractivity (Wildman–Crippen MR) is 110 cm³/mol. The Bertz CT molecular complexity index is 954. The number of benzene rings is 2. The van der Waals surface area contributed by atoms with Gasteiger partial charge in [0.15, 0.2) is 0 Å². The van der Waals surface area contributed by atoms with Crippen LogP contribution >= 0.6 is 0 Å². The number of nitrogens with one attached hydrogen (secondary N) is 1. The molecule has 0 spiro atoms. The van der Waals surface area contributed by atoms with E-state index in [0.717, 1.165) is 0 Å². The van der Waals surface area contributed by atoms with Gasteiger partial charge < -0.3 is 15.1 Å². The molecule has 1 aliphatic heterocycles. The van der Waals surface area contributed by atoms with E-state index >= 15 is 0 Å². The second-order valence-corrected chi connectivity index (χ2v) is 7.40. The molecule has 1 N–H and O–H groups in total. The molecular formula is C21H23FN4O4. The average molecular weight is 414 g/mol. The number of halogens is 1. The van der Waals surface area contributed by atoms with Gasteiger partial charge >= 0.3 is 0 Å². The van der Waals surface area contributed by atoms with Crippen molar-refractivity contribution in [2.24, 2.45) is 0 Å². The maximum absolute atomic E-state index is 13.0. The van der Waals surface area contributed by atoms with E-state index in [-0.39, 0.29) is 29.1 Å². The molecule has 0 aliphatic carbocycles. The summed E-state index contributed by atoms with van der Waals surface area (Å²) in [5.41, 5.74) is 1.13. The molecule has 8 nitrogen and oxygen atoms in total. The van der Waals surface area contributed by atoms with Gasteiger partial charge in [0.1, 0.15) is 5.82 Å². The maximum Gasteiger partial charge on any atom is 0.270 e. The van der Waals surface area contributed by atoms with Gasteiger partial charge in [-0.05, 0) is 43.2 Å². The van der Waals surface area contributed by atoms with E-state index in [2.05, 4.69) is 5.32 Å². The minimum Gasteiger partial charge on any atom is -0.377 e. The molecule has 1 fully saturated rings. The highest BCUT2D eigenvalue weighted by Gasteiger charge is 2.27. The summed E-state index contributed by atoms with van der Waals surface area (Å²) in [7, 11) is 3.55. The Morgan fingerprint density at radius 3 is 2.33 bits per heavy atom. The number of carbonyl (C=O) groups is 2. The Hall–Kier alpha value is -3.49. The van der Waals surface area contributed by atoms with E-state index in [4.69, 9.17) is 0 Å². The lowest BCUT2D eigenvalue weighted by molar-refractivity contribution is -0.384. The van der Waals surface area contributed by atoms with Crippen LogP contribution in [0.25, 0.3) is 0 Å². The second-order valence-electron chi connectivity index (χ2n) is 7.40. The normalized spacial score (nSPS) is 14.3. The number of nitro groups is 1. The molecule has 2 aromatic carbocycles. The van der Waals surface area contributed by atoms with Gasteiger partial charge in [0.05, 0.1) is 10.5 Å². The smallest absolute Gasteiger partial charge is 0.270 e. The van der Waals surface area contributed by atoms with Crippen LogP contribution in [-0.2, 0) is 0 Å². The highest BCUT2D eigenvalue weighted by atomic mass is 19.1. The zero-order valence-corrected chi connectivity index (χ0v) is 16.8. The number of carbonyl (C=O) groups excluding carboxylic acids is 2. The van der Waals surface area contributed by atoms with Crippen LogP contribution in [0.2, 0.25) is 0 Å². The van der Waals surface area contributed by atoms with Crippen LogP contribution in [0, 0.1) is 15.9 Å². The van der Waals surface area contributed by atoms with Gasteiger partial charge in [0.25, 0.3) is 17.5 Å². The number of piperidine rings is 1. The van der Waals surface area contributed by atoms with Crippen molar-refractivity contribution in [2.75, 3.05) is 32.1 Å². The molecule has 2 aromatic rings. The van der Waals surface area contributed by atoms with Gasteiger partial charge in [-0.15, -0.1) is 0 Å². The molecule has 1 heterocycles. The van der Waals surface area contributed by atoms with E-state index in [1.807, 2.05) is 0 Å². The largest absolute Gasteiger partial charge is 0.377 e. The fraction of sp³-hybridized carbons (Fsp3) is 0.333. The topological polar surface area (TPSA) is 95.8 Å². The Kier molecular flexibility index (Phi) is 6.29. The Labute approximate surface area is 173 Å². The third-order valence-corrected chi connectivity index (χ3v) is 5.13. The van der Waals surface area contributed by atoms with Gasteiger partial charge in [-0.2, -0.15) is 0 Å². The Balaban J connectivity index is 1.65. The van der Waals surface area contributed by atoms with Crippen LogP contribution in [0.3, 0.4) is 0 Å².